The van der Waals surface area contributed by atoms with Gasteiger partial charge in [0.2, 0.25) is 0 Å². The Kier molecular flexibility index (Phi) is 1.47. The third kappa shape index (κ3) is 0.954. The minimum atomic E-state index is 0.699. The van der Waals surface area contributed by atoms with Crippen molar-refractivity contribution in [3.05, 3.63) is 16.1 Å². The van der Waals surface area contributed by atoms with Crippen LogP contribution in [0, 0.1) is 6.92 Å². The second-order valence-electron chi connectivity index (χ2n) is 2.65. The van der Waals surface area contributed by atoms with Gasteiger partial charge in [0, 0.05) is 24.4 Å². The molecule has 1 aliphatic rings. The zero-order chi connectivity index (χ0) is 6.97. The third-order valence-corrected chi connectivity index (χ3v) is 2.63. The van der Waals surface area contributed by atoms with Crippen LogP contribution in [0.4, 0.5) is 0 Å². The second-order valence-corrected chi connectivity index (χ2v) is 3.71. The average molecular weight is 154 g/mol. The summed E-state index contributed by atoms with van der Waals surface area (Å²) in [6, 6.07) is 0. The molecule has 0 saturated carbocycles. The van der Waals surface area contributed by atoms with Crippen LogP contribution < -0.4 is 5.32 Å². The monoisotopic (exact) mass is 154 g/mol. The number of rotatable bonds is 1. The van der Waals surface area contributed by atoms with Crippen LogP contribution in [-0.2, 0) is 0 Å². The average Bonchev–Trinajstić information content (AvgIpc) is 2.10. The topological polar surface area (TPSA) is 24.9 Å². The summed E-state index contributed by atoms with van der Waals surface area (Å²) in [7, 11) is 0. The normalized spacial score (nSPS) is 18.9. The van der Waals surface area contributed by atoms with Gasteiger partial charge in [-0.05, 0) is 6.92 Å². The van der Waals surface area contributed by atoms with E-state index in [-0.39, 0.29) is 0 Å². The molecule has 2 nitrogen and oxygen atoms in total. The van der Waals surface area contributed by atoms with Crippen molar-refractivity contribution in [1.82, 2.24) is 10.3 Å². The van der Waals surface area contributed by atoms with Crippen LogP contribution in [0.5, 0.6) is 0 Å². The van der Waals surface area contributed by atoms with Crippen molar-refractivity contribution in [3.63, 3.8) is 0 Å². The van der Waals surface area contributed by atoms with Crippen LogP contribution in [0.25, 0.3) is 0 Å². The summed E-state index contributed by atoms with van der Waals surface area (Å²) >= 11 is 1.74. The van der Waals surface area contributed by atoms with Crippen LogP contribution in [0.2, 0.25) is 0 Å². The zero-order valence-corrected chi connectivity index (χ0v) is 6.74. The first-order valence-electron chi connectivity index (χ1n) is 3.49. The Morgan fingerprint density at radius 3 is 2.90 bits per heavy atom. The summed E-state index contributed by atoms with van der Waals surface area (Å²) in [5.41, 5.74) is 1.28. The van der Waals surface area contributed by atoms with Gasteiger partial charge in [0.05, 0.1) is 10.7 Å². The summed E-state index contributed by atoms with van der Waals surface area (Å²) in [6.07, 6.45) is 0. The molecule has 0 radical (unpaired) electrons. The Hall–Kier alpha value is -0.410. The molecule has 1 aromatic rings. The van der Waals surface area contributed by atoms with Gasteiger partial charge in [0.25, 0.3) is 0 Å². The standard InChI is InChI=1S/C7H10N2S/c1-5-9-7(4-10-5)6-2-8-3-6/h4,6,8H,2-3H2,1H3. The van der Waals surface area contributed by atoms with Gasteiger partial charge in [-0.1, -0.05) is 0 Å². The Balaban J connectivity index is 2.17. The van der Waals surface area contributed by atoms with Crippen LogP contribution >= 0.6 is 11.3 Å². The molecule has 0 aliphatic carbocycles. The summed E-state index contributed by atoms with van der Waals surface area (Å²) in [6.45, 7) is 4.28. The fourth-order valence-electron chi connectivity index (χ4n) is 1.07. The first-order valence-corrected chi connectivity index (χ1v) is 4.37. The van der Waals surface area contributed by atoms with E-state index in [1.54, 1.807) is 11.3 Å². The van der Waals surface area contributed by atoms with Gasteiger partial charge in [0.15, 0.2) is 0 Å². The minimum absolute atomic E-state index is 0.699. The van der Waals surface area contributed by atoms with Crippen LogP contribution in [0.1, 0.15) is 16.6 Å². The lowest BCUT2D eigenvalue weighted by Gasteiger charge is -2.25. The number of thiazole rings is 1. The highest BCUT2D eigenvalue weighted by Gasteiger charge is 2.20. The molecule has 0 amide bonds. The van der Waals surface area contributed by atoms with E-state index in [4.69, 9.17) is 0 Å². The molecule has 2 heterocycles. The van der Waals surface area contributed by atoms with Crippen LogP contribution in [0.15, 0.2) is 5.38 Å². The van der Waals surface area contributed by atoms with Gasteiger partial charge >= 0.3 is 0 Å². The summed E-state index contributed by atoms with van der Waals surface area (Å²) in [4.78, 5) is 4.41. The lowest BCUT2D eigenvalue weighted by atomic mass is 10.0. The fourth-order valence-corrected chi connectivity index (χ4v) is 1.76. The summed E-state index contributed by atoms with van der Waals surface area (Å²) in [5.74, 6) is 0.699. The number of nitrogens with one attached hydrogen (secondary N) is 1. The maximum Gasteiger partial charge on any atom is 0.0897 e. The van der Waals surface area contributed by atoms with Gasteiger partial charge in [0.1, 0.15) is 0 Å². The van der Waals surface area contributed by atoms with E-state index in [1.165, 1.54) is 10.7 Å². The number of aryl methyl sites for hydroxylation is 1. The van der Waals surface area contributed by atoms with E-state index < -0.39 is 0 Å². The molecule has 1 saturated heterocycles. The fraction of sp³-hybridized carbons (Fsp3) is 0.571. The number of hydrogen-bond donors (Lipinski definition) is 1. The molecular weight excluding hydrogens is 144 g/mol. The van der Waals surface area contributed by atoms with Crippen molar-refractivity contribution < 1.29 is 0 Å². The maximum atomic E-state index is 4.41. The first-order chi connectivity index (χ1) is 4.86. The SMILES string of the molecule is Cc1nc(C2CNC2)cs1. The third-order valence-electron chi connectivity index (χ3n) is 1.84. The Morgan fingerprint density at radius 2 is 2.50 bits per heavy atom. The lowest BCUT2D eigenvalue weighted by molar-refractivity contribution is 0.441. The molecule has 54 valence electrons. The van der Waals surface area contributed by atoms with E-state index in [0.717, 1.165) is 13.1 Å². The Bertz CT molecular complexity index is 227. The minimum Gasteiger partial charge on any atom is -0.315 e. The largest absolute Gasteiger partial charge is 0.315 e. The zero-order valence-electron chi connectivity index (χ0n) is 5.92. The predicted octanol–water partition coefficient (Wildman–Crippen LogP) is 1.14. The van der Waals surface area contributed by atoms with E-state index in [9.17, 15) is 0 Å². The number of aromatic nitrogens is 1. The summed E-state index contributed by atoms with van der Waals surface area (Å²) in [5, 5.41) is 6.58. The molecule has 2 rings (SSSR count). The predicted molar refractivity (Wildman–Crippen MR) is 42.5 cm³/mol. The van der Waals surface area contributed by atoms with E-state index in [0.29, 0.717) is 5.92 Å². The van der Waals surface area contributed by atoms with Crippen molar-refractivity contribution in [2.24, 2.45) is 0 Å². The van der Waals surface area contributed by atoms with Crippen molar-refractivity contribution in [2.75, 3.05) is 13.1 Å². The molecule has 0 atom stereocenters. The second kappa shape index (κ2) is 2.32. The van der Waals surface area contributed by atoms with Gasteiger partial charge < -0.3 is 5.32 Å². The number of hydrogen-bond acceptors (Lipinski definition) is 3. The quantitative estimate of drug-likeness (QED) is 0.656. The highest BCUT2D eigenvalue weighted by Crippen LogP contribution is 2.20. The lowest BCUT2D eigenvalue weighted by Crippen LogP contribution is -2.40. The van der Waals surface area contributed by atoms with Gasteiger partial charge in [-0.25, -0.2) is 4.98 Å². The van der Waals surface area contributed by atoms with Gasteiger partial charge in [-0.3, -0.25) is 0 Å². The highest BCUT2D eigenvalue weighted by atomic mass is 32.1. The van der Waals surface area contributed by atoms with Gasteiger partial charge in [-0.2, -0.15) is 0 Å². The molecule has 1 aliphatic heterocycles. The van der Waals surface area contributed by atoms with Crippen molar-refractivity contribution >= 4 is 11.3 Å². The molecule has 0 spiro atoms. The molecule has 0 aromatic carbocycles. The molecule has 3 heteroatoms. The van der Waals surface area contributed by atoms with E-state index >= 15 is 0 Å². The summed E-state index contributed by atoms with van der Waals surface area (Å²) < 4.78 is 0. The van der Waals surface area contributed by atoms with Crippen LogP contribution in [-0.4, -0.2) is 18.1 Å². The highest BCUT2D eigenvalue weighted by molar-refractivity contribution is 7.09. The molecule has 1 N–H and O–H groups in total. The molecule has 0 unspecified atom stereocenters. The van der Waals surface area contributed by atoms with Gasteiger partial charge in [-0.15, -0.1) is 11.3 Å². The smallest absolute Gasteiger partial charge is 0.0897 e. The van der Waals surface area contributed by atoms with E-state index in [2.05, 4.69) is 22.6 Å². The first kappa shape index (κ1) is 6.31. The molecular formula is C7H10N2S. The van der Waals surface area contributed by atoms with Crippen molar-refractivity contribution in [1.29, 1.82) is 0 Å². The molecule has 0 bridgehead atoms. The molecule has 1 aromatic heterocycles. The molecule has 10 heavy (non-hydrogen) atoms. The Morgan fingerprint density at radius 1 is 1.70 bits per heavy atom. The molecule has 1 fully saturated rings. The van der Waals surface area contributed by atoms with E-state index in [1.807, 2.05) is 0 Å². The van der Waals surface area contributed by atoms with Crippen molar-refractivity contribution in [2.45, 2.75) is 12.8 Å². The number of nitrogens with zero attached hydrogens (tertiary/aromatic N) is 1. The Labute approximate surface area is 64.3 Å². The van der Waals surface area contributed by atoms with Crippen molar-refractivity contribution in [3.8, 4) is 0 Å². The maximum absolute atomic E-state index is 4.41. The van der Waals surface area contributed by atoms with Crippen LogP contribution in [0.3, 0.4) is 0 Å².